The summed E-state index contributed by atoms with van der Waals surface area (Å²) >= 11 is 12.1. The largest absolute Gasteiger partial charge is 0.352 e. The Bertz CT molecular complexity index is 1090. The third-order valence-corrected chi connectivity index (χ3v) is 5.46. The summed E-state index contributed by atoms with van der Waals surface area (Å²) in [6.45, 7) is 1.82. The predicted octanol–water partition coefficient (Wildman–Crippen LogP) is 4.69. The van der Waals surface area contributed by atoms with Crippen LogP contribution in [0.1, 0.15) is 10.4 Å². The molecule has 0 spiro atoms. The Morgan fingerprint density at radius 3 is 2.30 bits per heavy atom. The minimum atomic E-state index is -0.857. The van der Waals surface area contributed by atoms with Crippen molar-refractivity contribution >= 4 is 34.9 Å². The highest BCUT2D eigenvalue weighted by molar-refractivity contribution is 6.36. The van der Waals surface area contributed by atoms with E-state index in [0.717, 1.165) is 11.6 Å². The van der Waals surface area contributed by atoms with Crippen molar-refractivity contribution in [3.63, 3.8) is 0 Å². The van der Waals surface area contributed by atoms with Crippen LogP contribution >= 0.6 is 23.2 Å². The van der Waals surface area contributed by atoms with Crippen LogP contribution in [-0.2, 0) is 0 Å². The number of nitrogens with zero attached hydrogens (tertiary/aromatic N) is 4. The summed E-state index contributed by atoms with van der Waals surface area (Å²) in [7, 11) is 0. The summed E-state index contributed by atoms with van der Waals surface area (Å²) in [5, 5.41) is 9.56. The molecule has 5 nitrogen and oxygen atoms in total. The van der Waals surface area contributed by atoms with E-state index in [2.05, 4.69) is 10.2 Å². The molecule has 1 fully saturated rings. The summed E-state index contributed by atoms with van der Waals surface area (Å²) in [5.41, 5.74) is 1.23. The summed E-state index contributed by atoms with van der Waals surface area (Å²) in [4.78, 5) is 16.1. The van der Waals surface area contributed by atoms with E-state index in [1.807, 2.05) is 17.0 Å². The lowest BCUT2D eigenvalue weighted by molar-refractivity contribution is 0.0741. The van der Waals surface area contributed by atoms with Crippen molar-refractivity contribution in [2.45, 2.75) is 0 Å². The molecule has 0 N–H and O–H groups in total. The Balaban J connectivity index is 1.42. The lowest BCUT2D eigenvalue weighted by Crippen LogP contribution is -2.49. The summed E-state index contributed by atoms with van der Waals surface area (Å²) < 4.78 is 27.0. The molecule has 30 heavy (non-hydrogen) atoms. The van der Waals surface area contributed by atoms with Crippen molar-refractivity contribution in [3.05, 3.63) is 75.8 Å². The normalized spacial score (nSPS) is 14.1. The van der Waals surface area contributed by atoms with Crippen LogP contribution in [-0.4, -0.2) is 47.2 Å². The highest BCUT2D eigenvalue weighted by Gasteiger charge is 2.25. The Kier molecular flexibility index (Phi) is 5.83. The van der Waals surface area contributed by atoms with Gasteiger partial charge in [0, 0.05) is 42.8 Å². The predicted molar refractivity (Wildman–Crippen MR) is 112 cm³/mol. The number of benzene rings is 2. The van der Waals surface area contributed by atoms with E-state index in [0.29, 0.717) is 53.8 Å². The molecule has 2 aromatic carbocycles. The van der Waals surface area contributed by atoms with Crippen molar-refractivity contribution in [3.8, 4) is 11.3 Å². The quantitative estimate of drug-likeness (QED) is 0.582. The molecule has 0 atom stereocenters. The first kappa shape index (κ1) is 20.5. The van der Waals surface area contributed by atoms with Crippen LogP contribution in [0.5, 0.6) is 0 Å². The Morgan fingerprint density at radius 2 is 1.67 bits per heavy atom. The van der Waals surface area contributed by atoms with Gasteiger partial charge in [-0.1, -0.05) is 23.2 Å². The summed E-state index contributed by atoms with van der Waals surface area (Å²) in [6, 6.07) is 11.8. The molecular formula is C21H16Cl2F2N4O. The Morgan fingerprint density at radius 1 is 0.900 bits per heavy atom. The first-order chi connectivity index (χ1) is 14.4. The van der Waals surface area contributed by atoms with E-state index >= 15 is 0 Å². The molecule has 1 aromatic heterocycles. The van der Waals surface area contributed by atoms with E-state index in [1.54, 1.807) is 23.1 Å². The average molecular weight is 449 g/mol. The van der Waals surface area contributed by atoms with Crippen LogP contribution in [0.2, 0.25) is 10.0 Å². The SMILES string of the molecule is O=C(c1ccc(F)cc1F)N1CCN(c2ccc(-c3ccc(Cl)cc3Cl)nn2)CC1. The van der Waals surface area contributed by atoms with Gasteiger partial charge in [-0.2, -0.15) is 0 Å². The average Bonchev–Trinajstić information content (AvgIpc) is 2.74. The van der Waals surface area contributed by atoms with E-state index in [9.17, 15) is 13.6 Å². The molecule has 9 heteroatoms. The van der Waals surface area contributed by atoms with Crippen molar-refractivity contribution in [1.82, 2.24) is 15.1 Å². The van der Waals surface area contributed by atoms with Crippen LogP contribution in [0.3, 0.4) is 0 Å². The van der Waals surface area contributed by atoms with Gasteiger partial charge in [-0.15, -0.1) is 10.2 Å². The molecule has 0 saturated carbocycles. The number of halogens is 4. The number of rotatable bonds is 3. The van der Waals surface area contributed by atoms with Crippen molar-refractivity contribution in [1.29, 1.82) is 0 Å². The Labute approximate surface area is 181 Å². The molecule has 0 aliphatic carbocycles. The second kappa shape index (κ2) is 8.53. The molecular weight excluding hydrogens is 433 g/mol. The maximum absolute atomic E-state index is 13.9. The van der Waals surface area contributed by atoms with Gasteiger partial charge in [0.25, 0.3) is 5.91 Å². The fourth-order valence-electron chi connectivity index (χ4n) is 3.31. The number of anilines is 1. The van der Waals surface area contributed by atoms with Gasteiger partial charge < -0.3 is 9.80 Å². The molecule has 0 unspecified atom stereocenters. The highest BCUT2D eigenvalue weighted by Crippen LogP contribution is 2.29. The van der Waals surface area contributed by atoms with Crippen LogP contribution in [0.4, 0.5) is 14.6 Å². The smallest absolute Gasteiger partial charge is 0.256 e. The fourth-order valence-corrected chi connectivity index (χ4v) is 3.81. The van der Waals surface area contributed by atoms with Crippen LogP contribution in [0.15, 0.2) is 48.5 Å². The molecule has 1 saturated heterocycles. The summed E-state index contributed by atoms with van der Waals surface area (Å²) in [5.74, 6) is -1.35. The van der Waals surface area contributed by atoms with Gasteiger partial charge in [-0.25, -0.2) is 8.78 Å². The van der Waals surface area contributed by atoms with Gasteiger partial charge in [-0.3, -0.25) is 4.79 Å². The molecule has 154 valence electrons. The van der Waals surface area contributed by atoms with E-state index in [-0.39, 0.29) is 5.56 Å². The number of carbonyl (C=O) groups is 1. The maximum atomic E-state index is 13.9. The zero-order valence-corrected chi connectivity index (χ0v) is 17.2. The molecule has 2 heterocycles. The molecule has 1 aliphatic heterocycles. The first-order valence-corrected chi connectivity index (χ1v) is 9.96. The molecule has 4 rings (SSSR count). The number of hydrogen-bond donors (Lipinski definition) is 0. The van der Waals surface area contributed by atoms with Crippen LogP contribution < -0.4 is 4.90 Å². The minimum Gasteiger partial charge on any atom is -0.352 e. The monoisotopic (exact) mass is 448 g/mol. The van der Waals surface area contributed by atoms with Crippen LogP contribution in [0, 0.1) is 11.6 Å². The van der Waals surface area contributed by atoms with E-state index in [1.165, 1.54) is 6.07 Å². The van der Waals surface area contributed by atoms with Crippen molar-refractivity contribution in [2.75, 3.05) is 31.1 Å². The van der Waals surface area contributed by atoms with E-state index in [4.69, 9.17) is 23.2 Å². The minimum absolute atomic E-state index is 0.131. The Hall–Kier alpha value is -2.77. The number of hydrogen-bond acceptors (Lipinski definition) is 4. The fraction of sp³-hybridized carbons (Fsp3) is 0.190. The summed E-state index contributed by atoms with van der Waals surface area (Å²) in [6.07, 6.45) is 0. The number of carbonyl (C=O) groups excluding carboxylic acids is 1. The van der Waals surface area contributed by atoms with Gasteiger partial charge in [0.1, 0.15) is 11.6 Å². The van der Waals surface area contributed by atoms with Crippen LogP contribution in [0.25, 0.3) is 11.3 Å². The van der Waals surface area contributed by atoms with Gasteiger partial charge >= 0.3 is 0 Å². The third kappa shape index (κ3) is 4.22. The highest BCUT2D eigenvalue weighted by atomic mass is 35.5. The van der Waals surface area contributed by atoms with Gasteiger partial charge in [0.2, 0.25) is 0 Å². The molecule has 0 bridgehead atoms. The second-order valence-electron chi connectivity index (χ2n) is 6.80. The standard InChI is InChI=1S/C21H16Cl2F2N4O/c22-13-1-3-15(17(23)11-13)19-5-6-20(27-26-19)28-7-9-29(10-8-28)21(30)16-4-2-14(24)12-18(16)25/h1-6,11-12H,7-10H2. The van der Waals surface area contributed by atoms with E-state index < -0.39 is 17.5 Å². The van der Waals surface area contributed by atoms with Gasteiger partial charge in [-0.05, 0) is 42.5 Å². The van der Waals surface area contributed by atoms with Gasteiger partial charge in [0.05, 0.1) is 16.3 Å². The molecule has 1 aliphatic rings. The number of aromatic nitrogens is 2. The second-order valence-corrected chi connectivity index (χ2v) is 7.65. The maximum Gasteiger partial charge on any atom is 0.256 e. The molecule has 1 amide bonds. The first-order valence-electron chi connectivity index (χ1n) is 9.21. The van der Waals surface area contributed by atoms with Gasteiger partial charge in [0.15, 0.2) is 5.82 Å². The lowest BCUT2D eigenvalue weighted by Gasteiger charge is -2.35. The topological polar surface area (TPSA) is 49.3 Å². The van der Waals surface area contributed by atoms with Crippen molar-refractivity contribution < 1.29 is 13.6 Å². The zero-order chi connectivity index (χ0) is 21.3. The third-order valence-electron chi connectivity index (χ3n) is 4.91. The van der Waals surface area contributed by atoms with Crippen molar-refractivity contribution in [2.24, 2.45) is 0 Å². The lowest BCUT2D eigenvalue weighted by atomic mass is 10.1. The molecule has 3 aromatic rings. The number of piperazine rings is 1. The molecule has 0 radical (unpaired) electrons. The number of amides is 1. The zero-order valence-electron chi connectivity index (χ0n) is 15.7.